The highest BCUT2D eigenvalue weighted by Crippen LogP contribution is 2.46. The lowest BCUT2D eigenvalue weighted by Gasteiger charge is -2.12. The molecule has 0 radical (unpaired) electrons. The normalized spacial score (nSPS) is 13.7. The molecule has 4 aromatic rings. The highest BCUT2D eigenvalue weighted by atomic mass is 32.2. The van der Waals surface area contributed by atoms with Gasteiger partial charge in [0, 0.05) is 16.9 Å². The Morgan fingerprint density at radius 3 is 2.58 bits per heavy atom. The lowest BCUT2D eigenvalue weighted by molar-refractivity contribution is -0.115. The van der Waals surface area contributed by atoms with Gasteiger partial charge in [-0.3, -0.25) is 4.79 Å². The van der Waals surface area contributed by atoms with E-state index in [1.165, 1.54) is 10.4 Å². The van der Waals surface area contributed by atoms with Gasteiger partial charge in [-0.05, 0) is 62.4 Å². The summed E-state index contributed by atoms with van der Waals surface area (Å²) in [7, 11) is -3.51. The van der Waals surface area contributed by atoms with Crippen LogP contribution in [-0.4, -0.2) is 25.1 Å². The Labute approximate surface area is 201 Å². The van der Waals surface area contributed by atoms with E-state index in [-0.39, 0.29) is 23.0 Å². The second-order valence-corrected chi connectivity index (χ2v) is 12.6. The van der Waals surface area contributed by atoms with Crippen LogP contribution in [0.5, 0.6) is 0 Å². The lowest BCUT2D eigenvalue weighted by Crippen LogP contribution is -2.17. The summed E-state index contributed by atoms with van der Waals surface area (Å²) in [5, 5.41) is 4.73. The third kappa shape index (κ3) is 4.60. The van der Waals surface area contributed by atoms with Crippen molar-refractivity contribution in [2.24, 2.45) is 0 Å². The van der Waals surface area contributed by atoms with Crippen LogP contribution < -0.4 is 5.32 Å². The fourth-order valence-corrected chi connectivity index (χ4v) is 7.80. The van der Waals surface area contributed by atoms with Crippen molar-refractivity contribution in [1.82, 2.24) is 4.98 Å². The van der Waals surface area contributed by atoms with Crippen LogP contribution in [0.15, 0.2) is 53.4 Å². The molecule has 1 N–H and O–H groups in total. The summed E-state index contributed by atoms with van der Waals surface area (Å²) < 4.78 is 26.4. The molecular formula is C25H24N2O3S3. The molecule has 0 saturated heterocycles. The molecule has 1 aliphatic carbocycles. The van der Waals surface area contributed by atoms with Gasteiger partial charge in [0.1, 0.15) is 10.0 Å². The molecule has 0 spiro atoms. The van der Waals surface area contributed by atoms with Crippen LogP contribution in [0.25, 0.3) is 20.8 Å². The molecule has 5 rings (SSSR count). The van der Waals surface area contributed by atoms with Crippen LogP contribution in [0.4, 0.5) is 5.00 Å². The first-order valence-corrected chi connectivity index (χ1v) is 14.3. The first-order chi connectivity index (χ1) is 15.9. The van der Waals surface area contributed by atoms with Crippen molar-refractivity contribution in [2.45, 2.75) is 43.9 Å². The van der Waals surface area contributed by atoms with Gasteiger partial charge in [0.15, 0.2) is 9.84 Å². The smallest absolute Gasteiger partial charge is 0.226 e. The Bertz CT molecular complexity index is 1400. The van der Waals surface area contributed by atoms with Gasteiger partial charge in [-0.1, -0.05) is 29.8 Å². The Kier molecular flexibility index (Phi) is 6.07. The second-order valence-electron chi connectivity index (χ2n) is 8.33. The van der Waals surface area contributed by atoms with Crippen molar-refractivity contribution in [2.75, 3.05) is 11.1 Å². The number of hydrogen-bond donors (Lipinski definition) is 1. The monoisotopic (exact) mass is 496 g/mol. The minimum atomic E-state index is -3.51. The molecule has 2 aromatic heterocycles. The quantitative estimate of drug-likeness (QED) is 0.354. The van der Waals surface area contributed by atoms with Crippen LogP contribution in [0.2, 0.25) is 0 Å². The van der Waals surface area contributed by atoms with Gasteiger partial charge in [-0.25, -0.2) is 13.4 Å². The standard InChI is InChI=1S/C25H24N2O3S3/c1-16-10-12-17(13-11-16)33(29,30)15-14-22(28)27-25-23(18-6-2-4-8-20(18)31-25)24-26-19-7-3-5-9-21(19)32-24/h3,5,7,9-13H,2,4,6,8,14-15H2,1H3,(H,27,28). The maximum Gasteiger partial charge on any atom is 0.226 e. The number of nitrogens with one attached hydrogen (secondary N) is 1. The summed E-state index contributed by atoms with van der Waals surface area (Å²) >= 11 is 3.25. The van der Waals surface area contributed by atoms with E-state index in [0.29, 0.717) is 0 Å². The van der Waals surface area contributed by atoms with Crippen molar-refractivity contribution in [3.05, 3.63) is 64.5 Å². The number of rotatable bonds is 6. The number of amides is 1. The Morgan fingerprint density at radius 2 is 1.79 bits per heavy atom. The van der Waals surface area contributed by atoms with E-state index in [2.05, 4.69) is 11.4 Å². The summed E-state index contributed by atoms with van der Waals surface area (Å²) in [6.07, 6.45) is 4.18. The van der Waals surface area contributed by atoms with E-state index >= 15 is 0 Å². The topological polar surface area (TPSA) is 76.1 Å². The number of sulfone groups is 1. The third-order valence-electron chi connectivity index (χ3n) is 5.91. The lowest BCUT2D eigenvalue weighted by atomic mass is 9.96. The molecule has 33 heavy (non-hydrogen) atoms. The average molecular weight is 497 g/mol. The molecule has 0 bridgehead atoms. The minimum absolute atomic E-state index is 0.0853. The number of thiazole rings is 1. The second kappa shape index (κ2) is 9.00. The fourth-order valence-electron chi connectivity index (χ4n) is 4.14. The molecule has 0 aliphatic heterocycles. The van der Waals surface area contributed by atoms with Gasteiger partial charge in [-0.15, -0.1) is 22.7 Å². The summed E-state index contributed by atoms with van der Waals surface area (Å²) in [5.41, 5.74) is 4.25. The van der Waals surface area contributed by atoms with E-state index < -0.39 is 9.84 Å². The zero-order chi connectivity index (χ0) is 23.0. The number of aryl methyl sites for hydroxylation is 2. The number of fused-ring (bicyclic) bond motifs is 2. The summed E-state index contributed by atoms with van der Waals surface area (Å²) in [4.78, 5) is 19.2. The summed E-state index contributed by atoms with van der Waals surface area (Å²) in [6, 6.07) is 14.8. The van der Waals surface area contributed by atoms with Crippen molar-refractivity contribution >= 4 is 53.6 Å². The largest absolute Gasteiger partial charge is 0.317 e. The first kappa shape index (κ1) is 22.3. The molecule has 170 valence electrons. The third-order valence-corrected chi connectivity index (χ3v) is 9.90. The van der Waals surface area contributed by atoms with Crippen LogP contribution >= 0.6 is 22.7 Å². The fraction of sp³-hybridized carbons (Fsp3) is 0.280. The minimum Gasteiger partial charge on any atom is -0.317 e. The number of hydrogen-bond acceptors (Lipinski definition) is 6. The number of nitrogens with zero attached hydrogens (tertiary/aromatic N) is 1. The van der Waals surface area contributed by atoms with Crippen molar-refractivity contribution < 1.29 is 13.2 Å². The van der Waals surface area contributed by atoms with Crippen LogP contribution in [-0.2, 0) is 27.5 Å². The Balaban J connectivity index is 1.39. The molecule has 5 nitrogen and oxygen atoms in total. The number of thiophene rings is 1. The van der Waals surface area contributed by atoms with E-state index in [1.54, 1.807) is 46.9 Å². The average Bonchev–Trinajstić information content (AvgIpc) is 3.38. The molecule has 2 heterocycles. The Hall–Kier alpha value is -2.55. The SMILES string of the molecule is Cc1ccc(S(=O)(=O)CCC(=O)Nc2sc3c(c2-c2nc4ccccc4s2)CCCC3)cc1. The van der Waals surface area contributed by atoms with Crippen LogP contribution in [0.1, 0.15) is 35.3 Å². The molecular weight excluding hydrogens is 472 g/mol. The van der Waals surface area contributed by atoms with Crippen molar-refractivity contribution in [3.8, 4) is 10.6 Å². The number of anilines is 1. The number of para-hydroxylation sites is 1. The van der Waals surface area contributed by atoms with Crippen molar-refractivity contribution in [1.29, 1.82) is 0 Å². The highest BCUT2D eigenvalue weighted by molar-refractivity contribution is 7.91. The summed E-state index contributed by atoms with van der Waals surface area (Å²) in [6.45, 7) is 1.91. The van der Waals surface area contributed by atoms with Crippen molar-refractivity contribution in [3.63, 3.8) is 0 Å². The summed E-state index contributed by atoms with van der Waals surface area (Å²) in [5.74, 6) is -0.504. The van der Waals surface area contributed by atoms with E-state index in [4.69, 9.17) is 4.98 Å². The molecule has 8 heteroatoms. The first-order valence-electron chi connectivity index (χ1n) is 11.0. The van der Waals surface area contributed by atoms with Crippen LogP contribution in [0.3, 0.4) is 0 Å². The predicted octanol–water partition coefficient (Wildman–Crippen LogP) is 6.01. The van der Waals surface area contributed by atoms with Gasteiger partial charge >= 0.3 is 0 Å². The van der Waals surface area contributed by atoms with E-state index in [9.17, 15) is 13.2 Å². The molecule has 2 aromatic carbocycles. The van der Waals surface area contributed by atoms with E-state index in [1.807, 2.05) is 25.1 Å². The maximum atomic E-state index is 12.8. The van der Waals surface area contributed by atoms with Crippen LogP contribution in [0, 0.1) is 6.92 Å². The molecule has 1 amide bonds. The predicted molar refractivity (Wildman–Crippen MR) is 136 cm³/mol. The molecule has 1 aliphatic rings. The van der Waals surface area contributed by atoms with Gasteiger partial charge in [0.25, 0.3) is 0 Å². The van der Waals surface area contributed by atoms with Gasteiger partial charge < -0.3 is 5.32 Å². The molecule has 0 saturated carbocycles. The Morgan fingerprint density at radius 1 is 1.03 bits per heavy atom. The molecule has 0 fully saturated rings. The molecule has 0 atom stereocenters. The zero-order valence-corrected chi connectivity index (χ0v) is 20.7. The van der Waals surface area contributed by atoms with Gasteiger partial charge in [0.05, 0.1) is 20.9 Å². The number of carbonyl (C=O) groups is 1. The number of benzene rings is 2. The van der Waals surface area contributed by atoms with Gasteiger partial charge in [-0.2, -0.15) is 0 Å². The maximum absolute atomic E-state index is 12.8. The number of aromatic nitrogens is 1. The highest BCUT2D eigenvalue weighted by Gasteiger charge is 2.25. The molecule has 0 unspecified atom stereocenters. The van der Waals surface area contributed by atoms with Gasteiger partial charge in [0.2, 0.25) is 5.91 Å². The zero-order valence-electron chi connectivity index (χ0n) is 18.3. The van der Waals surface area contributed by atoms with E-state index in [0.717, 1.165) is 57.0 Å². The number of carbonyl (C=O) groups excluding carboxylic acids is 1.